The number of Topliss-reactive ketones (excluding diaryl/α,β-unsaturated/α-hetero) is 1. The summed E-state index contributed by atoms with van der Waals surface area (Å²) in [4.78, 5) is 36.1. The van der Waals surface area contributed by atoms with E-state index in [2.05, 4.69) is 0 Å². The van der Waals surface area contributed by atoms with Crippen molar-refractivity contribution in [3.05, 3.63) is 23.8 Å². The Labute approximate surface area is 179 Å². The van der Waals surface area contributed by atoms with Gasteiger partial charge in [0.15, 0.2) is 17.2 Å². The van der Waals surface area contributed by atoms with Gasteiger partial charge in [-0.05, 0) is 50.7 Å². The molecule has 0 spiro atoms. The van der Waals surface area contributed by atoms with Crippen molar-refractivity contribution in [1.29, 1.82) is 0 Å². The SMILES string of the molecule is C[C@]12C=CC(=O)C=C1CC[C@H]1[C@@H]3C[C@@H](CC(=O)O)[C@](O)(C(=O)CO)[C@@]3(C)C[C@H](O)[C@@]12F. The van der Waals surface area contributed by atoms with Gasteiger partial charge in [0.1, 0.15) is 12.2 Å². The predicted octanol–water partition coefficient (Wildman–Crippen LogP) is 1.35. The molecule has 0 aromatic carbocycles. The fourth-order valence-corrected chi connectivity index (χ4v) is 7.48. The highest BCUT2D eigenvalue weighted by Crippen LogP contribution is 2.71. The lowest BCUT2D eigenvalue weighted by Gasteiger charge is -2.62. The quantitative estimate of drug-likeness (QED) is 0.523. The number of aliphatic hydroxyl groups excluding tert-OH is 2. The Morgan fingerprint density at radius 3 is 2.55 bits per heavy atom. The van der Waals surface area contributed by atoms with Crippen LogP contribution in [-0.2, 0) is 14.4 Å². The molecule has 4 N–H and O–H groups in total. The van der Waals surface area contributed by atoms with E-state index < -0.39 is 70.7 Å². The highest BCUT2D eigenvalue weighted by Gasteiger charge is 2.76. The summed E-state index contributed by atoms with van der Waals surface area (Å²) < 4.78 is 17.0. The lowest BCUT2D eigenvalue weighted by molar-refractivity contribution is -0.220. The van der Waals surface area contributed by atoms with E-state index in [-0.39, 0.29) is 18.6 Å². The summed E-state index contributed by atoms with van der Waals surface area (Å²) in [6, 6.07) is 0. The first-order chi connectivity index (χ1) is 14.4. The molecule has 0 aliphatic heterocycles. The van der Waals surface area contributed by atoms with Crippen LogP contribution in [0.3, 0.4) is 0 Å². The molecule has 0 bridgehead atoms. The van der Waals surface area contributed by atoms with Crippen molar-refractivity contribution in [2.75, 3.05) is 6.61 Å². The molecule has 4 rings (SSSR count). The van der Waals surface area contributed by atoms with E-state index in [4.69, 9.17) is 0 Å². The Morgan fingerprint density at radius 1 is 1.26 bits per heavy atom. The number of aliphatic hydroxyl groups is 3. The standard InChI is InChI=1S/C23H29FO7/c1-20-6-5-14(26)7-12(20)3-4-15-16-8-13(9-19(29)30)23(31,18(28)11-25)21(16,2)10-17(27)22(15,20)24/h5-7,13,15-17,25,27,31H,3-4,8-11H2,1-2H3,(H,29,30)/t13-,15-,16-,17-,20-,21-,22-,23-/m0/s1. The molecule has 3 fully saturated rings. The third-order valence-corrected chi connectivity index (χ3v) is 9.02. The zero-order valence-corrected chi connectivity index (χ0v) is 17.7. The van der Waals surface area contributed by atoms with E-state index in [1.165, 1.54) is 18.2 Å². The van der Waals surface area contributed by atoms with Gasteiger partial charge >= 0.3 is 5.97 Å². The second-order valence-corrected chi connectivity index (χ2v) is 10.1. The summed E-state index contributed by atoms with van der Waals surface area (Å²) in [6.07, 6.45) is 2.78. The van der Waals surface area contributed by atoms with Gasteiger partial charge in [0.2, 0.25) is 0 Å². The topological polar surface area (TPSA) is 132 Å². The van der Waals surface area contributed by atoms with Crippen molar-refractivity contribution in [1.82, 2.24) is 0 Å². The third kappa shape index (κ3) is 2.58. The fourth-order valence-electron chi connectivity index (χ4n) is 7.48. The summed E-state index contributed by atoms with van der Waals surface area (Å²) in [5.41, 5.74) is -6.21. The Kier molecular flexibility index (Phi) is 4.89. The van der Waals surface area contributed by atoms with E-state index in [1.54, 1.807) is 13.8 Å². The van der Waals surface area contributed by atoms with Crippen LogP contribution in [-0.4, -0.2) is 61.9 Å². The van der Waals surface area contributed by atoms with Crippen LogP contribution in [0.5, 0.6) is 0 Å². The molecule has 0 heterocycles. The first kappa shape index (κ1) is 22.3. The van der Waals surface area contributed by atoms with Gasteiger partial charge in [-0.15, -0.1) is 0 Å². The number of carbonyl (C=O) groups excluding carboxylic acids is 2. The Morgan fingerprint density at radius 2 is 1.94 bits per heavy atom. The number of ketones is 2. The fraction of sp³-hybridized carbons (Fsp3) is 0.696. The molecule has 0 radical (unpaired) electrons. The number of fused-ring (bicyclic) bond motifs is 5. The number of carbonyl (C=O) groups is 3. The molecule has 0 aromatic rings. The maximum atomic E-state index is 17.0. The van der Waals surface area contributed by atoms with Crippen LogP contribution in [0.4, 0.5) is 4.39 Å². The number of alkyl halides is 1. The minimum absolute atomic E-state index is 0.103. The van der Waals surface area contributed by atoms with Crippen LogP contribution in [0, 0.1) is 28.6 Å². The number of carboxylic acid groups (broad SMARTS) is 1. The number of halogens is 1. The number of hydrogen-bond acceptors (Lipinski definition) is 6. The Hall–Kier alpha value is -1.90. The van der Waals surface area contributed by atoms with Crippen molar-refractivity contribution in [2.24, 2.45) is 28.6 Å². The number of carboxylic acids is 1. The van der Waals surface area contributed by atoms with E-state index >= 15 is 4.39 Å². The lowest BCUT2D eigenvalue weighted by Crippen LogP contribution is -2.69. The van der Waals surface area contributed by atoms with E-state index in [0.717, 1.165) is 0 Å². The molecular weight excluding hydrogens is 407 g/mol. The van der Waals surface area contributed by atoms with Gasteiger partial charge in [-0.1, -0.05) is 18.6 Å². The molecule has 3 saturated carbocycles. The summed E-state index contributed by atoms with van der Waals surface area (Å²) in [6.45, 7) is 2.30. The van der Waals surface area contributed by atoms with Crippen molar-refractivity contribution in [3.63, 3.8) is 0 Å². The van der Waals surface area contributed by atoms with Crippen molar-refractivity contribution in [2.45, 2.75) is 63.3 Å². The van der Waals surface area contributed by atoms with Gasteiger partial charge in [-0.25, -0.2) is 4.39 Å². The summed E-state index contributed by atoms with van der Waals surface area (Å²) >= 11 is 0. The molecule has 0 aromatic heterocycles. The second-order valence-electron chi connectivity index (χ2n) is 10.1. The van der Waals surface area contributed by atoms with Crippen LogP contribution in [0.15, 0.2) is 23.8 Å². The van der Waals surface area contributed by atoms with E-state index in [0.29, 0.717) is 18.4 Å². The molecule has 7 nitrogen and oxygen atoms in total. The molecule has 8 atom stereocenters. The normalized spacial score (nSPS) is 48.5. The highest BCUT2D eigenvalue weighted by atomic mass is 19.1. The molecule has 4 aliphatic carbocycles. The van der Waals surface area contributed by atoms with E-state index in [1.807, 2.05) is 0 Å². The monoisotopic (exact) mass is 436 g/mol. The number of allylic oxidation sites excluding steroid dienone is 4. The zero-order valence-electron chi connectivity index (χ0n) is 17.7. The van der Waals surface area contributed by atoms with Crippen LogP contribution in [0.25, 0.3) is 0 Å². The number of rotatable bonds is 4. The van der Waals surface area contributed by atoms with Gasteiger partial charge in [0.05, 0.1) is 12.5 Å². The zero-order chi connectivity index (χ0) is 23.0. The minimum Gasteiger partial charge on any atom is -0.481 e. The lowest BCUT2D eigenvalue weighted by atomic mass is 9.44. The van der Waals surface area contributed by atoms with Crippen molar-refractivity contribution >= 4 is 17.5 Å². The highest BCUT2D eigenvalue weighted by molar-refractivity contribution is 6.01. The number of hydrogen-bond donors (Lipinski definition) is 4. The third-order valence-electron chi connectivity index (χ3n) is 9.02. The maximum absolute atomic E-state index is 17.0. The molecule has 8 heteroatoms. The maximum Gasteiger partial charge on any atom is 0.303 e. The second kappa shape index (κ2) is 6.80. The average molecular weight is 436 g/mol. The van der Waals surface area contributed by atoms with E-state index in [9.17, 15) is 34.8 Å². The Bertz CT molecular complexity index is 912. The largest absolute Gasteiger partial charge is 0.481 e. The van der Waals surface area contributed by atoms with Crippen LogP contribution >= 0.6 is 0 Å². The summed E-state index contributed by atoms with van der Waals surface area (Å²) in [7, 11) is 0. The van der Waals surface area contributed by atoms with Gasteiger partial charge in [-0.3, -0.25) is 14.4 Å². The first-order valence-corrected chi connectivity index (χ1v) is 10.8. The van der Waals surface area contributed by atoms with Crippen LogP contribution in [0.1, 0.15) is 46.0 Å². The summed E-state index contributed by atoms with van der Waals surface area (Å²) in [5.74, 6) is -4.64. The Balaban J connectivity index is 1.84. The molecule has 0 amide bonds. The van der Waals surface area contributed by atoms with Crippen molar-refractivity contribution in [3.8, 4) is 0 Å². The summed E-state index contributed by atoms with van der Waals surface area (Å²) in [5, 5.41) is 41.7. The first-order valence-electron chi connectivity index (χ1n) is 10.8. The smallest absolute Gasteiger partial charge is 0.303 e. The molecule has 31 heavy (non-hydrogen) atoms. The van der Waals surface area contributed by atoms with Gasteiger partial charge in [0.25, 0.3) is 0 Å². The van der Waals surface area contributed by atoms with Crippen LogP contribution in [0.2, 0.25) is 0 Å². The van der Waals surface area contributed by atoms with Gasteiger partial charge in [-0.2, -0.15) is 0 Å². The molecule has 0 saturated heterocycles. The van der Waals surface area contributed by atoms with Crippen molar-refractivity contribution < 1.29 is 39.2 Å². The van der Waals surface area contributed by atoms with Gasteiger partial charge in [0, 0.05) is 22.7 Å². The van der Waals surface area contributed by atoms with Gasteiger partial charge < -0.3 is 20.4 Å². The molecule has 0 unspecified atom stereocenters. The average Bonchev–Trinajstić information content (AvgIpc) is 2.91. The molecular formula is C23H29FO7. The minimum atomic E-state index is -2.18. The number of aliphatic carboxylic acids is 1. The molecule has 170 valence electrons. The predicted molar refractivity (Wildman–Crippen MR) is 107 cm³/mol. The van der Waals surface area contributed by atoms with Crippen LogP contribution < -0.4 is 0 Å². The molecule has 4 aliphatic rings.